The Labute approximate surface area is 100 Å². The second kappa shape index (κ2) is 5.85. The largest absolute Gasteiger partial charge is 0.483 e. The van der Waals surface area contributed by atoms with E-state index in [1.807, 2.05) is 5.32 Å². The molecule has 0 radical (unpaired) electrons. The molecule has 0 aliphatic heterocycles. The highest BCUT2D eigenvalue weighted by Gasteiger charge is 2.10. The van der Waals surface area contributed by atoms with Gasteiger partial charge in [-0.3, -0.25) is 10.1 Å². The minimum absolute atomic E-state index is 0.117. The fourth-order valence-electron chi connectivity index (χ4n) is 0.881. The summed E-state index contributed by atoms with van der Waals surface area (Å²) < 4.78 is 5.00. The Kier molecular flexibility index (Phi) is 4.46. The molecule has 17 heavy (non-hydrogen) atoms. The van der Waals surface area contributed by atoms with Crippen molar-refractivity contribution >= 4 is 29.2 Å². The van der Waals surface area contributed by atoms with Crippen LogP contribution < -0.4 is 15.4 Å². The van der Waals surface area contributed by atoms with Crippen LogP contribution in [0.5, 0.6) is 5.75 Å². The monoisotopic (exact) mass is 258 g/mol. The van der Waals surface area contributed by atoms with E-state index in [1.165, 1.54) is 18.5 Å². The first-order valence-corrected chi connectivity index (χ1v) is 5.37. The van der Waals surface area contributed by atoms with Crippen LogP contribution in [-0.2, 0) is 4.79 Å². The number of amides is 3. The van der Waals surface area contributed by atoms with Crippen LogP contribution in [-0.4, -0.2) is 36.7 Å². The van der Waals surface area contributed by atoms with Crippen molar-refractivity contribution in [3.05, 3.63) is 16.3 Å². The van der Waals surface area contributed by atoms with Gasteiger partial charge in [-0.05, 0) is 0 Å². The number of hydrogen-bond acceptors (Lipinski definition) is 5. The maximum absolute atomic E-state index is 11.1. The van der Waals surface area contributed by atoms with Gasteiger partial charge in [-0.15, -0.1) is 11.3 Å². The molecule has 0 fully saturated rings. The van der Waals surface area contributed by atoms with Crippen molar-refractivity contribution in [2.75, 3.05) is 13.7 Å². The van der Waals surface area contributed by atoms with Crippen molar-refractivity contribution in [1.29, 1.82) is 0 Å². The topological polar surface area (TPSA) is 105 Å². The van der Waals surface area contributed by atoms with Crippen molar-refractivity contribution in [2.45, 2.75) is 0 Å². The molecule has 0 spiro atoms. The van der Waals surface area contributed by atoms with E-state index < -0.39 is 17.9 Å². The first kappa shape index (κ1) is 13.0. The van der Waals surface area contributed by atoms with Crippen LogP contribution in [0.25, 0.3) is 0 Å². The number of hydrogen-bond donors (Lipinski definition) is 3. The van der Waals surface area contributed by atoms with Gasteiger partial charge < -0.3 is 15.2 Å². The Morgan fingerprint density at radius 1 is 1.47 bits per heavy atom. The molecule has 0 aromatic carbocycles. The number of carboxylic acids is 1. The first-order chi connectivity index (χ1) is 8.02. The maximum atomic E-state index is 11.1. The number of aromatic carboxylic acids is 1. The molecule has 8 heteroatoms. The summed E-state index contributed by atoms with van der Waals surface area (Å²) >= 11 is 0.992. The molecule has 1 rings (SSSR count). The highest BCUT2D eigenvalue weighted by molar-refractivity contribution is 7.12. The van der Waals surface area contributed by atoms with Gasteiger partial charge in [-0.2, -0.15) is 0 Å². The normalized spacial score (nSPS) is 9.47. The Balaban J connectivity index is 2.42. The smallest absolute Gasteiger partial charge is 0.346 e. The van der Waals surface area contributed by atoms with Gasteiger partial charge >= 0.3 is 12.0 Å². The highest BCUT2D eigenvalue weighted by Crippen LogP contribution is 2.21. The number of imide groups is 1. The molecule has 1 aromatic rings. The first-order valence-electron chi connectivity index (χ1n) is 4.49. The van der Waals surface area contributed by atoms with Crippen molar-refractivity contribution in [2.24, 2.45) is 0 Å². The van der Waals surface area contributed by atoms with E-state index in [9.17, 15) is 14.4 Å². The predicted molar refractivity (Wildman–Crippen MR) is 59.4 cm³/mol. The van der Waals surface area contributed by atoms with Crippen LogP contribution in [0.4, 0.5) is 4.79 Å². The molecule has 0 atom stereocenters. The Bertz CT molecular complexity index is 442. The van der Waals surface area contributed by atoms with Crippen LogP contribution in [0, 0.1) is 0 Å². The number of nitrogens with one attached hydrogen (secondary N) is 2. The summed E-state index contributed by atoms with van der Waals surface area (Å²) in [7, 11) is 1.38. The molecule has 0 aliphatic rings. The molecular formula is C9H10N2O5S. The lowest BCUT2D eigenvalue weighted by atomic mass is 10.4. The molecule has 0 bridgehead atoms. The number of urea groups is 1. The van der Waals surface area contributed by atoms with Crippen molar-refractivity contribution in [1.82, 2.24) is 10.6 Å². The van der Waals surface area contributed by atoms with Crippen LogP contribution in [0.2, 0.25) is 0 Å². The van der Waals surface area contributed by atoms with E-state index in [1.54, 1.807) is 0 Å². The average molecular weight is 258 g/mol. The van der Waals surface area contributed by atoms with Crippen molar-refractivity contribution in [3.8, 4) is 5.75 Å². The molecule has 0 saturated carbocycles. The minimum Gasteiger partial charge on any atom is -0.483 e. The van der Waals surface area contributed by atoms with Gasteiger partial charge in [0.05, 0.1) is 0 Å². The number of carbonyl (C=O) groups is 3. The zero-order valence-corrected chi connectivity index (χ0v) is 9.67. The fourth-order valence-corrected chi connectivity index (χ4v) is 1.54. The van der Waals surface area contributed by atoms with E-state index in [2.05, 4.69) is 5.32 Å². The van der Waals surface area contributed by atoms with Crippen LogP contribution in [0.1, 0.15) is 9.67 Å². The second-order valence-corrected chi connectivity index (χ2v) is 3.78. The summed E-state index contributed by atoms with van der Waals surface area (Å²) in [6, 6.07) is 0.676. The van der Waals surface area contributed by atoms with Gasteiger partial charge in [0.2, 0.25) is 0 Å². The predicted octanol–water partition coefficient (Wildman–Crippen LogP) is 0.281. The van der Waals surface area contributed by atoms with Crippen molar-refractivity contribution in [3.63, 3.8) is 0 Å². The Morgan fingerprint density at radius 2 is 2.18 bits per heavy atom. The standard InChI is InChI=1S/C9H10N2O5S/c1-10-9(15)11-7(12)3-16-5-2-6(8(13)14)17-4-5/h2,4H,3H2,1H3,(H,13,14)(H2,10,11,12,15). The molecule has 3 N–H and O–H groups in total. The van der Waals surface area contributed by atoms with Crippen LogP contribution in [0.15, 0.2) is 11.4 Å². The fraction of sp³-hybridized carbons (Fsp3) is 0.222. The maximum Gasteiger partial charge on any atom is 0.346 e. The average Bonchev–Trinajstić information content (AvgIpc) is 2.75. The van der Waals surface area contributed by atoms with E-state index in [4.69, 9.17) is 9.84 Å². The Morgan fingerprint density at radius 3 is 2.71 bits per heavy atom. The van der Waals surface area contributed by atoms with Gasteiger partial charge in [-0.25, -0.2) is 9.59 Å². The number of ether oxygens (including phenoxy) is 1. The number of thiophene rings is 1. The zero-order chi connectivity index (χ0) is 12.8. The van der Waals surface area contributed by atoms with Crippen LogP contribution in [0.3, 0.4) is 0 Å². The van der Waals surface area contributed by atoms with Gasteiger partial charge in [0.25, 0.3) is 5.91 Å². The molecule has 0 unspecified atom stereocenters. The Hall–Kier alpha value is -2.09. The van der Waals surface area contributed by atoms with Gasteiger partial charge in [0, 0.05) is 18.5 Å². The minimum atomic E-state index is -1.06. The molecule has 0 aliphatic carbocycles. The molecule has 92 valence electrons. The zero-order valence-electron chi connectivity index (χ0n) is 8.85. The van der Waals surface area contributed by atoms with Gasteiger partial charge in [0.1, 0.15) is 10.6 Å². The number of carbonyl (C=O) groups excluding carboxylic acids is 2. The molecule has 7 nitrogen and oxygen atoms in total. The third-order valence-corrected chi connectivity index (χ3v) is 2.53. The molecule has 3 amide bonds. The third-order valence-electron chi connectivity index (χ3n) is 1.64. The summed E-state index contributed by atoms with van der Waals surface area (Å²) in [6.07, 6.45) is 0. The summed E-state index contributed by atoms with van der Waals surface area (Å²) in [6.45, 7) is -0.358. The lowest BCUT2D eigenvalue weighted by Gasteiger charge is -2.04. The molecule has 0 saturated heterocycles. The van der Waals surface area contributed by atoms with E-state index in [0.29, 0.717) is 0 Å². The third kappa shape index (κ3) is 4.11. The number of carboxylic acid groups (broad SMARTS) is 1. The van der Waals surface area contributed by atoms with Gasteiger partial charge in [0.15, 0.2) is 6.61 Å². The van der Waals surface area contributed by atoms with Crippen LogP contribution >= 0.6 is 11.3 Å². The quantitative estimate of drug-likeness (QED) is 0.719. The van der Waals surface area contributed by atoms with Crippen molar-refractivity contribution < 1.29 is 24.2 Å². The lowest BCUT2D eigenvalue weighted by Crippen LogP contribution is -2.39. The van der Waals surface area contributed by atoms with E-state index in [0.717, 1.165) is 11.3 Å². The summed E-state index contributed by atoms with van der Waals surface area (Å²) in [5.41, 5.74) is 0. The lowest BCUT2D eigenvalue weighted by molar-refractivity contribution is -0.121. The van der Waals surface area contributed by atoms with E-state index in [-0.39, 0.29) is 17.2 Å². The molecule has 1 heterocycles. The second-order valence-electron chi connectivity index (χ2n) is 2.87. The molecule has 1 aromatic heterocycles. The number of rotatable bonds is 4. The SMILES string of the molecule is CNC(=O)NC(=O)COc1csc(C(=O)O)c1. The highest BCUT2D eigenvalue weighted by atomic mass is 32.1. The summed E-state index contributed by atoms with van der Waals surface area (Å²) in [5.74, 6) is -1.40. The van der Waals surface area contributed by atoms with Gasteiger partial charge in [-0.1, -0.05) is 0 Å². The summed E-state index contributed by atoms with van der Waals surface area (Å²) in [4.78, 5) is 32.5. The molecular weight excluding hydrogens is 248 g/mol. The van der Waals surface area contributed by atoms with E-state index >= 15 is 0 Å². The summed E-state index contributed by atoms with van der Waals surface area (Å²) in [5, 5.41) is 14.3.